The van der Waals surface area contributed by atoms with E-state index < -0.39 is 0 Å². The van der Waals surface area contributed by atoms with Crippen molar-refractivity contribution >= 4 is 23.5 Å². The van der Waals surface area contributed by atoms with E-state index in [2.05, 4.69) is 32.7 Å². The van der Waals surface area contributed by atoms with Gasteiger partial charge in [-0.15, -0.1) is 0 Å². The van der Waals surface area contributed by atoms with Gasteiger partial charge in [0.15, 0.2) is 5.11 Å². The molecule has 6 heteroatoms. The Kier molecular flexibility index (Phi) is 3.27. The van der Waals surface area contributed by atoms with Gasteiger partial charge in [0, 0.05) is 6.20 Å². The largest absolute Gasteiger partial charge is 0.375 e. The number of nitrogens with two attached hydrogens (primary N) is 1. The van der Waals surface area contributed by atoms with Gasteiger partial charge in [-0.25, -0.2) is 9.97 Å². The predicted octanol–water partition coefficient (Wildman–Crippen LogP) is -0.0479. The summed E-state index contributed by atoms with van der Waals surface area (Å²) >= 11 is 4.56. The maximum Gasteiger partial charge on any atom is 0.184 e. The van der Waals surface area contributed by atoms with Crippen molar-refractivity contribution < 1.29 is 0 Å². The molecule has 1 rings (SSSR count). The van der Waals surface area contributed by atoms with Gasteiger partial charge in [0.2, 0.25) is 0 Å². The second-order valence-electron chi connectivity index (χ2n) is 2.26. The van der Waals surface area contributed by atoms with E-state index in [1.165, 1.54) is 6.21 Å². The quantitative estimate of drug-likeness (QED) is 0.393. The van der Waals surface area contributed by atoms with Gasteiger partial charge in [0.05, 0.1) is 11.9 Å². The van der Waals surface area contributed by atoms with E-state index in [0.29, 0.717) is 11.5 Å². The van der Waals surface area contributed by atoms with Gasteiger partial charge in [0.1, 0.15) is 5.82 Å². The lowest BCUT2D eigenvalue weighted by atomic mass is 10.4. The summed E-state index contributed by atoms with van der Waals surface area (Å²) in [7, 11) is 0. The minimum absolute atomic E-state index is 0.127. The van der Waals surface area contributed by atoms with Gasteiger partial charge in [-0.2, -0.15) is 5.10 Å². The highest BCUT2D eigenvalue weighted by molar-refractivity contribution is 7.80. The lowest BCUT2D eigenvalue weighted by molar-refractivity contribution is 1.02. The molecule has 0 aliphatic carbocycles. The lowest BCUT2D eigenvalue weighted by Crippen LogP contribution is -2.24. The number of nitrogens with zero attached hydrogens (tertiary/aromatic N) is 3. The minimum Gasteiger partial charge on any atom is -0.375 e. The van der Waals surface area contributed by atoms with Crippen LogP contribution < -0.4 is 11.2 Å². The summed E-state index contributed by atoms with van der Waals surface area (Å²) in [5.74, 6) is 0.694. The number of hydrogen-bond acceptors (Lipinski definition) is 4. The molecular weight excluding hydrogens is 186 g/mol. The molecule has 1 aromatic rings. The maximum absolute atomic E-state index is 5.16. The van der Waals surface area contributed by atoms with Crippen molar-refractivity contribution in [3.05, 3.63) is 23.8 Å². The SMILES string of the molecule is Cc1nccc(/C=N/NC(N)=S)n1. The number of aromatic nitrogens is 2. The average Bonchev–Trinajstić information content (AvgIpc) is 2.03. The van der Waals surface area contributed by atoms with Crippen LogP contribution in [0.15, 0.2) is 17.4 Å². The van der Waals surface area contributed by atoms with Crippen LogP contribution in [0.2, 0.25) is 0 Å². The van der Waals surface area contributed by atoms with E-state index >= 15 is 0 Å². The molecule has 5 nitrogen and oxygen atoms in total. The van der Waals surface area contributed by atoms with Crippen molar-refractivity contribution in [3.8, 4) is 0 Å². The number of nitrogens with one attached hydrogen (secondary N) is 1. The molecule has 1 heterocycles. The van der Waals surface area contributed by atoms with Crippen LogP contribution in [0.5, 0.6) is 0 Å². The number of thiocarbonyl (C=S) groups is 1. The van der Waals surface area contributed by atoms with Crippen molar-refractivity contribution in [2.75, 3.05) is 0 Å². The summed E-state index contributed by atoms with van der Waals surface area (Å²) in [6.07, 6.45) is 3.18. The van der Waals surface area contributed by atoms with Crippen LogP contribution in [0, 0.1) is 6.92 Å². The van der Waals surface area contributed by atoms with Gasteiger partial charge < -0.3 is 5.73 Å². The molecule has 68 valence electrons. The van der Waals surface area contributed by atoms with Crippen LogP contribution in [-0.2, 0) is 0 Å². The smallest absolute Gasteiger partial charge is 0.184 e. The monoisotopic (exact) mass is 195 g/mol. The lowest BCUT2D eigenvalue weighted by Gasteiger charge is -1.94. The maximum atomic E-state index is 5.16. The Morgan fingerprint density at radius 1 is 1.77 bits per heavy atom. The summed E-state index contributed by atoms with van der Waals surface area (Å²) in [5, 5.41) is 3.88. The zero-order valence-electron chi connectivity index (χ0n) is 7.06. The van der Waals surface area contributed by atoms with E-state index in [9.17, 15) is 0 Å². The molecule has 0 bridgehead atoms. The summed E-state index contributed by atoms with van der Waals surface area (Å²) in [6, 6.07) is 1.73. The molecule has 0 aromatic carbocycles. The number of hydrogen-bond donors (Lipinski definition) is 2. The highest BCUT2D eigenvalue weighted by Gasteiger charge is 1.89. The molecule has 0 saturated heterocycles. The van der Waals surface area contributed by atoms with Crippen molar-refractivity contribution in [1.82, 2.24) is 15.4 Å². The average molecular weight is 195 g/mol. The summed E-state index contributed by atoms with van der Waals surface area (Å²) < 4.78 is 0. The molecule has 0 fully saturated rings. The van der Waals surface area contributed by atoms with Gasteiger partial charge in [0.25, 0.3) is 0 Å². The number of rotatable bonds is 2. The zero-order chi connectivity index (χ0) is 9.68. The van der Waals surface area contributed by atoms with Crippen molar-refractivity contribution in [1.29, 1.82) is 0 Å². The first-order chi connectivity index (χ1) is 6.18. The third-order valence-corrected chi connectivity index (χ3v) is 1.26. The minimum atomic E-state index is 0.127. The van der Waals surface area contributed by atoms with E-state index in [0.717, 1.165) is 0 Å². The van der Waals surface area contributed by atoms with Crippen LogP contribution in [0.3, 0.4) is 0 Å². The Balaban J connectivity index is 2.63. The molecule has 0 amide bonds. The molecule has 0 aliphatic heterocycles. The molecule has 0 aliphatic rings. The highest BCUT2D eigenvalue weighted by Crippen LogP contribution is 1.89. The Labute approximate surface area is 81.1 Å². The van der Waals surface area contributed by atoms with Crippen molar-refractivity contribution in [2.45, 2.75) is 6.92 Å². The molecule has 13 heavy (non-hydrogen) atoms. The summed E-state index contributed by atoms with van der Waals surface area (Å²) in [5.41, 5.74) is 8.30. The number of hydrazone groups is 1. The Morgan fingerprint density at radius 2 is 2.54 bits per heavy atom. The second-order valence-corrected chi connectivity index (χ2v) is 2.70. The van der Waals surface area contributed by atoms with Crippen molar-refractivity contribution in [2.24, 2.45) is 10.8 Å². The fraction of sp³-hybridized carbons (Fsp3) is 0.143. The first-order valence-electron chi connectivity index (χ1n) is 3.56. The van der Waals surface area contributed by atoms with E-state index in [1.54, 1.807) is 19.2 Å². The highest BCUT2D eigenvalue weighted by atomic mass is 32.1. The first kappa shape index (κ1) is 9.53. The molecule has 1 aromatic heterocycles. The molecule has 0 unspecified atom stereocenters. The molecule has 0 spiro atoms. The first-order valence-corrected chi connectivity index (χ1v) is 3.97. The molecule has 0 saturated carbocycles. The Morgan fingerprint density at radius 3 is 3.15 bits per heavy atom. The van der Waals surface area contributed by atoms with Crippen LogP contribution in [0.25, 0.3) is 0 Å². The Hall–Kier alpha value is -1.56. The van der Waals surface area contributed by atoms with Crippen LogP contribution in [-0.4, -0.2) is 21.3 Å². The Bertz CT molecular complexity index is 335. The summed E-state index contributed by atoms with van der Waals surface area (Å²) in [4.78, 5) is 8.02. The normalized spacial score (nSPS) is 10.2. The standard InChI is InChI=1S/C7H9N5S/c1-5-9-3-2-6(11-5)4-10-12-7(8)13/h2-4H,1H3,(H3,8,12,13)/b10-4+. The molecular formula is C7H9N5S. The van der Waals surface area contributed by atoms with Crippen LogP contribution in [0.1, 0.15) is 11.5 Å². The topological polar surface area (TPSA) is 76.2 Å². The molecule has 0 radical (unpaired) electrons. The van der Waals surface area contributed by atoms with Gasteiger partial charge >= 0.3 is 0 Å². The molecule has 0 atom stereocenters. The van der Waals surface area contributed by atoms with Gasteiger partial charge in [-0.3, -0.25) is 5.43 Å². The number of aryl methyl sites for hydroxylation is 1. The predicted molar refractivity (Wildman–Crippen MR) is 54.3 cm³/mol. The van der Waals surface area contributed by atoms with Gasteiger partial charge in [-0.05, 0) is 25.2 Å². The molecule has 3 N–H and O–H groups in total. The fourth-order valence-corrected chi connectivity index (χ4v) is 0.761. The fourth-order valence-electron chi connectivity index (χ4n) is 0.708. The third kappa shape index (κ3) is 3.57. The zero-order valence-corrected chi connectivity index (χ0v) is 7.88. The van der Waals surface area contributed by atoms with Crippen molar-refractivity contribution in [3.63, 3.8) is 0 Å². The summed E-state index contributed by atoms with van der Waals surface area (Å²) in [6.45, 7) is 1.80. The van der Waals surface area contributed by atoms with E-state index in [4.69, 9.17) is 5.73 Å². The van der Waals surface area contributed by atoms with Gasteiger partial charge in [-0.1, -0.05) is 0 Å². The van der Waals surface area contributed by atoms with Crippen LogP contribution in [0.4, 0.5) is 0 Å². The second kappa shape index (κ2) is 4.46. The van der Waals surface area contributed by atoms with E-state index in [-0.39, 0.29) is 5.11 Å². The van der Waals surface area contributed by atoms with Crippen LogP contribution >= 0.6 is 12.2 Å². The van der Waals surface area contributed by atoms with E-state index in [1.807, 2.05) is 0 Å². The third-order valence-electron chi connectivity index (χ3n) is 1.17.